The van der Waals surface area contributed by atoms with Crippen molar-refractivity contribution in [1.82, 2.24) is 9.97 Å². The van der Waals surface area contributed by atoms with Gasteiger partial charge in [-0.3, -0.25) is 5.32 Å². The van der Waals surface area contributed by atoms with E-state index >= 15 is 0 Å². The Morgan fingerprint density at radius 3 is 2.17 bits per heavy atom. The van der Waals surface area contributed by atoms with Crippen molar-refractivity contribution in [3.05, 3.63) is 42.2 Å². The van der Waals surface area contributed by atoms with Crippen LogP contribution in [0.4, 0.5) is 5.95 Å². The van der Waals surface area contributed by atoms with Gasteiger partial charge in [-0.05, 0) is 17.0 Å². The highest BCUT2D eigenvalue weighted by Gasteiger charge is 2.02. The van der Waals surface area contributed by atoms with Crippen LogP contribution in [0.25, 0.3) is 11.1 Å². The molecule has 0 aliphatic carbocycles. The van der Waals surface area contributed by atoms with Gasteiger partial charge in [0.1, 0.15) is 0 Å². The van der Waals surface area contributed by atoms with Crippen molar-refractivity contribution in [3.63, 3.8) is 0 Å². The summed E-state index contributed by atoms with van der Waals surface area (Å²) >= 11 is 0. The van der Waals surface area contributed by atoms with Gasteiger partial charge in [0.05, 0.1) is 0 Å². The molecule has 0 unspecified atom stereocenters. The van der Waals surface area contributed by atoms with Crippen LogP contribution in [-0.4, -0.2) is 9.97 Å². The van der Waals surface area contributed by atoms with Crippen LogP contribution in [-0.2, 0) is 0 Å². The Morgan fingerprint density at radius 2 is 1.67 bits per heavy atom. The molecule has 2 aromatic rings. The highest BCUT2D eigenvalue weighted by molar-refractivity contribution is 5.62. The highest BCUT2D eigenvalue weighted by Crippen LogP contribution is 2.21. The van der Waals surface area contributed by atoms with E-state index in [1.54, 1.807) is 18.6 Å². The summed E-state index contributed by atoms with van der Waals surface area (Å²) in [4.78, 5) is 8.12. The fourth-order valence-corrected chi connectivity index (χ4v) is 1.65. The van der Waals surface area contributed by atoms with E-state index in [1.165, 1.54) is 5.56 Å². The quantitative estimate of drug-likeness (QED) is 0.659. The number of hydrogen-bond acceptors (Lipinski definition) is 4. The van der Waals surface area contributed by atoms with E-state index in [-0.39, 0.29) is 0 Å². The second kappa shape index (κ2) is 5.28. The second-order valence-corrected chi connectivity index (χ2v) is 4.31. The molecule has 4 nitrogen and oxygen atoms in total. The lowest BCUT2D eigenvalue weighted by atomic mass is 10.00. The Balaban J connectivity index is 2.23. The van der Waals surface area contributed by atoms with Gasteiger partial charge in [0, 0.05) is 18.0 Å². The summed E-state index contributed by atoms with van der Waals surface area (Å²) in [6, 6.07) is 8.35. The van der Waals surface area contributed by atoms with Gasteiger partial charge < -0.3 is 0 Å². The van der Waals surface area contributed by atoms with Crippen LogP contribution in [0.3, 0.4) is 0 Å². The standard InChI is InChI=1S/C14H14N4/c1-10(2)11-3-5-12(6-4-11)13-7-16-14(17-8-13)18-9-15/h3-8,10H,1-2H3,(H,16,17,18). The number of benzene rings is 1. The smallest absolute Gasteiger partial charge is 0.236 e. The molecule has 0 atom stereocenters. The SMILES string of the molecule is CC(C)c1ccc(-c2cnc(NC#N)nc2)cc1. The van der Waals surface area contributed by atoms with Gasteiger partial charge in [-0.15, -0.1) is 0 Å². The zero-order valence-electron chi connectivity index (χ0n) is 10.4. The molecule has 0 aliphatic heterocycles. The molecular formula is C14H14N4. The number of rotatable bonds is 3. The minimum Gasteiger partial charge on any atom is -0.261 e. The molecule has 0 amide bonds. The monoisotopic (exact) mass is 238 g/mol. The van der Waals surface area contributed by atoms with E-state index < -0.39 is 0 Å². The van der Waals surface area contributed by atoms with Crippen LogP contribution in [0.2, 0.25) is 0 Å². The van der Waals surface area contributed by atoms with Gasteiger partial charge >= 0.3 is 0 Å². The highest BCUT2D eigenvalue weighted by atomic mass is 15.1. The molecule has 0 aliphatic rings. The minimum absolute atomic E-state index is 0.319. The van der Waals surface area contributed by atoms with Gasteiger partial charge in [-0.2, -0.15) is 5.26 Å². The van der Waals surface area contributed by atoms with Gasteiger partial charge in [0.25, 0.3) is 0 Å². The van der Waals surface area contributed by atoms with E-state index in [4.69, 9.17) is 5.26 Å². The van der Waals surface area contributed by atoms with Gasteiger partial charge in [-0.25, -0.2) is 9.97 Å². The summed E-state index contributed by atoms with van der Waals surface area (Å²) in [6.07, 6.45) is 5.20. The van der Waals surface area contributed by atoms with E-state index in [0.29, 0.717) is 11.9 Å². The first kappa shape index (κ1) is 12.1. The average molecular weight is 238 g/mol. The molecule has 1 N–H and O–H groups in total. The van der Waals surface area contributed by atoms with Crippen molar-refractivity contribution in [2.24, 2.45) is 0 Å². The largest absolute Gasteiger partial charge is 0.261 e. The Hall–Kier alpha value is -2.41. The lowest BCUT2D eigenvalue weighted by Gasteiger charge is -2.06. The summed E-state index contributed by atoms with van der Waals surface area (Å²) < 4.78 is 0. The van der Waals surface area contributed by atoms with E-state index in [1.807, 2.05) is 0 Å². The first-order valence-corrected chi connectivity index (χ1v) is 5.78. The Labute approximate surface area is 106 Å². The van der Waals surface area contributed by atoms with Gasteiger partial charge in [0.2, 0.25) is 5.95 Å². The predicted octanol–water partition coefficient (Wildman–Crippen LogP) is 3.16. The molecule has 18 heavy (non-hydrogen) atoms. The lowest BCUT2D eigenvalue weighted by molar-refractivity contribution is 0.867. The van der Waals surface area contributed by atoms with Crippen LogP contribution in [0.5, 0.6) is 0 Å². The summed E-state index contributed by atoms with van der Waals surface area (Å²) in [5.74, 6) is 0.845. The molecule has 90 valence electrons. The molecule has 1 aromatic heterocycles. The fourth-order valence-electron chi connectivity index (χ4n) is 1.65. The van der Waals surface area contributed by atoms with Crippen LogP contribution >= 0.6 is 0 Å². The summed E-state index contributed by atoms with van der Waals surface area (Å²) in [5.41, 5.74) is 3.32. The zero-order chi connectivity index (χ0) is 13.0. The van der Waals surface area contributed by atoms with Gasteiger partial charge in [0.15, 0.2) is 6.19 Å². The van der Waals surface area contributed by atoms with Crippen LogP contribution in [0.1, 0.15) is 25.3 Å². The van der Waals surface area contributed by atoms with Crippen LogP contribution in [0.15, 0.2) is 36.7 Å². The molecular weight excluding hydrogens is 224 g/mol. The molecule has 0 saturated carbocycles. The number of aromatic nitrogens is 2. The second-order valence-electron chi connectivity index (χ2n) is 4.31. The number of anilines is 1. The number of nitrogens with one attached hydrogen (secondary N) is 1. The van der Waals surface area contributed by atoms with Crippen molar-refractivity contribution in [2.75, 3.05) is 5.32 Å². The topological polar surface area (TPSA) is 61.6 Å². The van der Waals surface area contributed by atoms with Crippen LogP contribution in [0, 0.1) is 11.5 Å². The molecule has 4 heteroatoms. The summed E-state index contributed by atoms with van der Waals surface area (Å²) in [6.45, 7) is 4.33. The first-order chi connectivity index (χ1) is 8.70. The van der Waals surface area contributed by atoms with Crippen molar-refractivity contribution in [3.8, 4) is 17.3 Å². The van der Waals surface area contributed by atoms with Crippen molar-refractivity contribution in [1.29, 1.82) is 5.26 Å². The fraction of sp³-hybridized carbons (Fsp3) is 0.214. The third kappa shape index (κ3) is 2.64. The third-order valence-corrected chi connectivity index (χ3v) is 2.73. The van der Waals surface area contributed by atoms with E-state index in [9.17, 15) is 0 Å². The van der Waals surface area contributed by atoms with E-state index in [2.05, 4.69) is 53.4 Å². The molecule has 0 saturated heterocycles. The number of nitrogens with zero attached hydrogens (tertiary/aromatic N) is 3. The predicted molar refractivity (Wildman–Crippen MR) is 70.8 cm³/mol. The van der Waals surface area contributed by atoms with Crippen LogP contribution < -0.4 is 5.32 Å². The molecule has 0 bridgehead atoms. The molecule has 1 heterocycles. The number of hydrogen-bond donors (Lipinski definition) is 1. The lowest BCUT2D eigenvalue weighted by Crippen LogP contribution is -1.95. The summed E-state index contributed by atoms with van der Waals surface area (Å²) in [7, 11) is 0. The Bertz CT molecular complexity index is 550. The van der Waals surface area contributed by atoms with Crippen molar-refractivity contribution < 1.29 is 0 Å². The third-order valence-electron chi connectivity index (χ3n) is 2.73. The Morgan fingerprint density at radius 1 is 1.06 bits per heavy atom. The molecule has 1 aromatic carbocycles. The van der Waals surface area contributed by atoms with Gasteiger partial charge in [-0.1, -0.05) is 38.1 Å². The maximum absolute atomic E-state index is 8.45. The summed E-state index contributed by atoms with van der Waals surface area (Å²) in [5, 5.41) is 10.8. The maximum Gasteiger partial charge on any atom is 0.236 e. The first-order valence-electron chi connectivity index (χ1n) is 5.78. The minimum atomic E-state index is 0.319. The van der Waals surface area contributed by atoms with Crippen molar-refractivity contribution in [2.45, 2.75) is 19.8 Å². The zero-order valence-corrected chi connectivity index (χ0v) is 10.4. The van der Waals surface area contributed by atoms with Crippen molar-refractivity contribution >= 4 is 5.95 Å². The van der Waals surface area contributed by atoms with E-state index in [0.717, 1.165) is 11.1 Å². The maximum atomic E-state index is 8.45. The normalized spacial score (nSPS) is 10.1. The Kier molecular flexibility index (Phi) is 3.54. The molecule has 2 rings (SSSR count). The molecule has 0 spiro atoms. The molecule has 0 radical (unpaired) electrons. The average Bonchev–Trinajstić information content (AvgIpc) is 2.40. The molecule has 0 fully saturated rings. The number of nitriles is 1.